The van der Waals surface area contributed by atoms with Crippen LogP contribution in [-0.2, 0) is 9.53 Å². The van der Waals surface area contributed by atoms with E-state index in [-0.39, 0.29) is 5.97 Å². The van der Waals surface area contributed by atoms with Crippen molar-refractivity contribution in [1.29, 1.82) is 0 Å². The highest BCUT2D eigenvalue weighted by atomic mass is 79.9. The zero-order valence-electron chi connectivity index (χ0n) is 9.51. The second kappa shape index (κ2) is 11.8. The van der Waals surface area contributed by atoms with E-state index in [4.69, 9.17) is 0 Å². The summed E-state index contributed by atoms with van der Waals surface area (Å²) in [5.41, 5.74) is 0. The van der Waals surface area contributed by atoms with Crippen molar-refractivity contribution >= 4 is 21.9 Å². The smallest absolute Gasteiger partial charge is 0.305 e. The first-order valence-corrected chi connectivity index (χ1v) is 6.55. The first-order chi connectivity index (χ1) is 7.31. The average Bonchev–Trinajstić information content (AvgIpc) is 2.26. The van der Waals surface area contributed by atoms with E-state index in [1.165, 1.54) is 32.8 Å². The quantitative estimate of drug-likeness (QED) is 0.466. The molecule has 0 fully saturated rings. The molecule has 0 spiro atoms. The number of hydrogen-bond donors (Lipinski definition) is 0. The maximum absolute atomic E-state index is 10.8. The monoisotopic (exact) mass is 276 g/mol. The van der Waals surface area contributed by atoms with E-state index in [1.54, 1.807) is 0 Å². The molecule has 15 heavy (non-hydrogen) atoms. The van der Waals surface area contributed by atoms with E-state index in [0.29, 0.717) is 6.42 Å². The SMILES string of the molecule is COC(=O)CCCCCCCC/C=C\Br. The molecular formula is C12H21BrO2. The first-order valence-electron chi connectivity index (χ1n) is 5.63. The van der Waals surface area contributed by atoms with Crippen molar-refractivity contribution in [3.05, 3.63) is 11.1 Å². The van der Waals surface area contributed by atoms with Crippen LogP contribution in [0.3, 0.4) is 0 Å². The number of rotatable bonds is 9. The van der Waals surface area contributed by atoms with Crippen LogP contribution >= 0.6 is 15.9 Å². The Hall–Kier alpha value is -0.310. The second-order valence-electron chi connectivity index (χ2n) is 3.60. The summed E-state index contributed by atoms with van der Waals surface area (Å²) in [4.78, 5) is 12.7. The minimum atomic E-state index is -0.0857. The lowest BCUT2D eigenvalue weighted by molar-refractivity contribution is -0.140. The molecular weight excluding hydrogens is 256 g/mol. The molecule has 0 heterocycles. The predicted octanol–water partition coefficient (Wildman–Crippen LogP) is 4.19. The third-order valence-corrected chi connectivity index (χ3v) is 2.69. The van der Waals surface area contributed by atoms with Crippen molar-refractivity contribution in [3.8, 4) is 0 Å². The topological polar surface area (TPSA) is 26.3 Å². The molecule has 88 valence electrons. The van der Waals surface area contributed by atoms with Crippen molar-refractivity contribution in [1.82, 2.24) is 0 Å². The van der Waals surface area contributed by atoms with Crippen molar-refractivity contribution in [2.24, 2.45) is 0 Å². The van der Waals surface area contributed by atoms with E-state index in [2.05, 4.69) is 26.7 Å². The predicted molar refractivity (Wildman–Crippen MR) is 67.0 cm³/mol. The van der Waals surface area contributed by atoms with Crippen molar-refractivity contribution < 1.29 is 9.53 Å². The Bertz CT molecular complexity index is 178. The van der Waals surface area contributed by atoms with Gasteiger partial charge >= 0.3 is 5.97 Å². The summed E-state index contributed by atoms with van der Waals surface area (Å²) in [7, 11) is 1.44. The van der Waals surface area contributed by atoms with Crippen LogP contribution in [0.2, 0.25) is 0 Å². The number of carbonyl (C=O) groups excluding carboxylic acids is 1. The van der Waals surface area contributed by atoms with Crippen LogP contribution in [0.15, 0.2) is 11.1 Å². The van der Waals surface area contributed by atoms with E-state index < -0.39 is 0 Å². The summed E-state index contributed by atoms with van der Waals surface area (Å²) < 4.78 is 4.57. The third-order valence-electron chi connectivity index (χ3n) is 2.32. The van der Waals surface area contributed by atoms with E-state index in [0.717, 1.165) is 19.3 Å². The largest absolute Gasteiger partial charge is 0.469 e. The molecule has 0 radical (unpaired) electrons. The molecule has 0 aliphatic heterocycles. The van der Waals surface area contributed by atoms with Crippen LogP contribution in [0.4, 0.5) is 0 Å². The fourth-order valence-electron chi connectivity index (χ4n) is 1.40. The van der Waals surface area contributed by atoms with Gasteiger partial charge in [-0.15, -0.1) is 0 Å². The molecule has 0 aliphatic rings. The number of methoxy groups -OCH3 is 1. The first kappa shape index (κ1) is 14.7. The number of esters is 1. The van der Waals surface area contributed by atoms with Gasteiger partial charge in [-0.25, -0.2) is 0 Å². The number of halogens is 1. The molecule has 0 aromatic carbocycles. The zero-order valence-corrected chi connectivity index (χ0v) is 11.1. The van der Waals surface area contributed by atoms with Gasteiger partial charge in [0.1, 0.15) is 0 Å². The minimum absolute atomic E-state index is 0.0857. The lowest BCUT2D eigenvalue weighted by Gasteiger charge is -2.00. The van der Waals surface area contributed by atoms with Gasteiger partial charge < -0.3 is 4.74 Å². The summed E-state index contributed by atoms with van der Waals surface area (Å²) in [6.45, 7) is 0. The van der Waals surface area contributed by atoms with Crippen LogP contribution in [0.5, 0.6) is 0 Å². The van der Waals surface area contributed by atoms with Gasteiger partial charge in [0.15, 0.2) is 0 Å². The van der Waals surface area contributed by atoms with Crippen LogP contribution < -0.4 is 0 Å². The van der Waals surface area contributed by atoms with Gasteiger partial charge in [0.2, 0.25) is 0 Å². The molecule has 3 heteroatoms. The normalized spacial score (nSPS) is 10.8. The molecule has 0 amide bonds. The Labute approximate surface area is 101 Å². The fourth-order valence-corrected chi connectivity index (χ4v) is 1.67. The summed E-state index contributed by atoms with van der Waals surface area (Å²) >= 11 is 3.25. The maximum atomic E-state index is 10.8. The number of ether oxygens (including phenoxy) is 1. The second-order valence-corrected chi connectivity index (χ2v) is 4.13. The van der Waals surface area contributed by atoms with Crippen molar-refractivity contribution in [2.45, 2.75) is 51.4 Å². The van der Waals surface area contributed by atoms with E-state index >= 15 is 0 Å². The van der Waals surface area contributed by atoms with E-state index in [1.807, 2.05) is 4.99 Å². The molecule has 0 aromatic rings. The van der Waals surface area contributed by atoms with Gasteiger partial charge in [0, 0.05) is 6.42 Å². The number of hydrogen-bond acceptors (Lipinski definition) is 2. The lowest BCUT2D eigenvalue weighted by atomic mass is 10.1. The molecule has 0 aliphatic carbocycles. The van der Waals surface area contributed by atoms with Gasteiger partial charge in [-0.1, -0.05) is 47.7 Å². The van der Waals surface area contributed by atoms with Gasteiger partial charge in [0.05, 0.1) is 7.11 Å². The Balaban J connectivity index is 3.02. The Morgan fingerprint density at radius 2 is 1.73 bits per heavy atom. The molecule has 0 unspecified atom stereocenters. The molecule has 0 aromatic heterocycles. The molecule has 0 bridgehead atoms. The Morgan fingerprint density at radius 1 is 1.13 bits per heavy atom. The number of unbranched alkanes of at least 4 members (excludes halogenated alkanes) is 6. The van der Waals surface area contributed by atoms with E-state index in [9.17, 15) is 4.79 Å². The van der Waals surface area contributed by atoms with Crippen molar-refractivity contribution in [3.63, 3.8) is 0 Å². The standard InChI is InChI=1S/C12H21BrO2/c1-15-12(14)10-8-6-4-2-3-5-7-9-11-13/h9,11H,2-8,10H2,1H3/b11-9-. The molecule has 0 N–H and O–H groups in total. The lowest BCUT2D eigenvalue weighted by Crippen LogP contribution is -1.99. The third kappa shape index (κ3) is 11.6. The highest BCUT2D eigenvalue weighted by Crippen LogP contribution is 2.09. The average molecular weight is 277 g/mol. The summed E-state index contributed by atoms with van der Waals surface area (Å²) in [5.74, 6) is -0.0857. The van der Waals surface area contributed by atoms with Gasteiger partial charge in [-0.05, 0) is 24.2 Å². The molecule has 0 saturated heterocycles. The Morgan fingerprint density at radius 3 is 2.33 bits per heavy atom. The van der Waals surface area contributed by atoms with Gasteiger partial charge in [-0.3, -0.25) is 4.79 Å². The summed E-state index contributed by atoms with van der Waals surface area (Å²) in [6, 6.07) is 0. The van der Waals surface area contributed by atoms with Crippen LogP contribution in [0.1, 0.15) is 51.4 Å². The van der Waals surface area contributed by atoms with Crippen LogP contribution in [0.25, 0.3) is 0 Å². The van der Waals surface area contributed by atoms with Crippen LogP contribution in [0, 0.1) is 0 Å². The number of allylic oxidation sites excluding steroid dienone is 1. The molecule has 0 saturated carbocycles. The van der Waals surface area contributed by atoms with Gasteiger partial charge in [0.25, 0.3) is 0 Å². The Kier molecular flexibility index (Phi) is 11.5. The summed E-state index contributed by atoms with van der Waals surface area (Å²) in [6.07, 6.45) is 11.0. The maximum Gasteiger partial charge on any atom is 0.305 e. The molecule has 0 rings (SSSR count). The summed E-state index contributed by atoms with van der Waals surface area (Å²) in [5, 5.41) is 0. The van der Waals surface area contributed by atoms with Gasteiger partial charge in [-0.2, -0.15) is 0 Å². The molecule has 0 atom stereocenters. The number of carbonyl (C=O) groups is 1. The minimum Gasteiger partial charge on any atom is -0.469 e. The zero-order chi connectivity index (χ0) is 11.4. The fraction of sp³-hybridized carbons (Fsp3) is 0.750. The highest BCUT2D eigenvalue weighted by Gasteiger charge is 1.98. The van der Waals surface area contributed by atoms with Crippen LogP contribution in [-0.4, -0.2) is 13.1 Å². The molecule has 2 nitrogen and oxygen atoms in total. The van der Waals surface area contributed by atoms with Crippen molar-refractivity contribution in [2.75, 3.05) is 7.11 Å². The highest BCUT2D eigenvalue weighted by molar-refractivity contribution is 9.11.